The van der Waals surface area contributed by atoms with Crippen molar-refractivity contribution in [3.8, 4) is 5.75 Å². The van der Waals surface area contributed by atoms with Gasteiger partial charge in [0.2, 0.25) is 17.2 Å². The first-order valence-electron chi connectivity index (χ1n) is 6.47. The summed E-state index contributed by atoms with van der Waals surface area (Å²) < 4.78 is 43.2. The molecule has 0 radical (unpaired) electrons. The largest absolute Gasteiger partial charge is 0.491 e. The van der Waals surface area contributed by atoms with Crippen molar-refractivity contribution in [3.63, 3.8) is 0 Å². The van der Waals surface area contributed by atoms with Gasteiger partial charge >= 0.3 is 6.18 Å². The van der Waals surface area contributed by atoms with Crippen LogP contribution in [0, 0.1) is 0 Å². The topological polar surface area (TPSA) is 86.0 Å². The van der Waals surface area contributed by atoms with Crippen molar-refractivity contribution < 1.29 is 17.9 Å². The molecular formula is C13H13ClF3N5O. The molecule has 1 aromatic heterocycles. The molecule has 0 fully saturated rings. The number of hydrogen-bond donors (Lipinski definition) is 2. The molecule has 6 nitrogen and oxygen atoms in total. The number of benzene rings is 1. The molecule has 0 saturated carbocycles. The van der Waals surface area contributed by atoms with Crippen molar-refractivity contribution in [1.29, 1.82) is 0 Å². The summed E-state index contributed by atoms with van der Waals surface area (Å²) in [6.07, 6.45) is -4.41. The van der Waals surface area contributed by atoms with Crippen LogP contribution in [-0.2, 0) is 6.18 Å². The van der Waals surface area contributed by atoms with Gasteiger partial charge in [0.15, 0.2) is 0 Å². The summed E-state index contributed by atoms with van der Waals surface area (Å²) in [6, 6.07) is 4.33. The number of nitrogen functional groups attached to an aromatic ring is 1. The molecule has 10 heteroatoms. The monoisotopic (exact) mass is 347 g/mol. The van der Waals surface area contributed by atoms with E-state index in [0.29, 0.717) is 0 Å². The molecule has 1 heterocycles. The van der Waals surface area contributed by atoms with Gasteiger partial charge in [-0.25, -0.2) is 0 Å². The molecule has 0 saturated heterocycles. The van der Waals surface area contributed by atoms with E-state index in [1.54, 1.807) is 6.92 Å². The number of alkyl halides is 3. The molecule has 0 bridgehead atoms. The lowest BCUT2D eigenvalue weighted by Gasteiger charge is -2.16. The summed E-state index contributed by atoms with van der Waals surface area (Å²) in [5.74, 6) is 0.225. The van der Waals surface area contributed by atoms with Crippen molar-refractivity contribution in [2.75, 3.05) is 17.7 Å². The highest BCUT2D eigenvalue weighted by Gasteiger charge is 2.30. The maximum absolute atomic E-state index is 12.6. The van der Waals surface area contributed by atoms with Gasteiger partial charge in [0.25, 0.3) is 0 Å². The summed E-state index contributed by atoms with van der Waals surface area (Å²) in [5.41, 5.74) is 4.66. The van der Waals surface area contributed by atoms with Gasteiger partial charge in [-0.15, -0.1) is 0 Å². The lowest BCUT2D eigenvalue weighted by molar-refractivity contribution is -0.137. The molecule has 23 heavy (non-hydrogen) atoms. The van der Waals surface area contributed by atoms with Gasteiger partial charge in [-0.05, 0) is 36.7 Å². The van der Waals surface area contributed by atoms with Crippen LogP contribution in [0.15, 0.2) is 24.3 Å². The third-order valence-corrected chi connectivity index (χ3v) is 2.83. The highest BCUT2D eigenvalue weighted by Crippen LogP contribution is 2.31. The first-order chi connectivity index (χ1) is 10.7. The highest BCUT2D eigenvalue weighted by molar-refractivity contribution is 6.28. The van der Waals surface area contributed by atoms with E-state index in [1.165, 1.54) is 12.1 Å². The van der Waals surface area contributed by atoms with Gasteiger partial charge in [0.05, 0.1) is 11.6 Å². The zero-order valence-electron chi connectivity index (χ0n) is 11.9. The fourth-order valence-electron chi connectivity index (χ4n) is 1.68. The van der Waals surface area contributed by atoms with Gasteiger partial charge in [0.1, 0.15) is 12.4 Å². The average Bonchev–Trinajstić information content (AvgIpc) is 2.43. The smallest absolute Gasteiger partial charge is 0.416 e. The van der Waals surface area contributed by atoms with Crippen LogP contribution in [0.5, 0.6) is 5.75 Å². The van der Waals surface area contributed by atoms with Crippen LogP contribution in [0.25, 0.3) is 0 Å². The summed E-state index contributed by atoms with van der Waals surface area (Å²) in [5, 5.41) is 2.80. The number of ether oxygens (including phenoxy) is 1. The van der Waals surface area contributed by atoms with E-state index in [9.17, 15) is 13.2 Å². The summed E-state index contributed by atoms with van der Waals surface area (Å²) in [7, 11) is 0. The number of aromatic nitrogens is 3. The van der Waals surface area contributed by atoms with E-state index in [4.69, 9.17) is 22.1 Å². The van der Waals surface area contributed by atoms with E-state index in [-0.39, 0.29) is 35.6 Å². The second-order valence-corrected chi connectivity index (χ2v) is 5.01. The Hall–Kier alpha value is -2.29. The van der Waals surface area contributed by atoms with Crippen molar-refractivity contribution in [3.05, 3.63) is 35.1 Å². The summed E-state index contributed by atoms with van der Waals surface area (Å²) in [4.78, 5) is 11.3. The van der Waals surface area contributed by atoms with Crippen molar-refractivity contribution in [2.24, 2.45) is 0 Å². The van der Waals surface area contributed by atoms with Crippen LogP contribution >= 0.6 is 11.6 Å². The molecule has 2 rings (SSSR count). The average molecular weight is 348 g/mol. The quantitative estimate of drug-likeness (QED) is 0.864. The minimum atomic E-state index is -4.41. The first kappa shape index (κ1) is 17.1. The number of halogens is 4. The molecule has 1 unspecified atom stereocenters. The number of anilines is 2. The van der Waals surface area contributed by atoms with Crippen molar-refractivity contribution >= 4 is 23.5 Å². The van der Waals surface area contributed by atoms with Crippen LogP contribution in [0.4, 0.5) is 25.1 Å². The Labute approximate surface area is 134 Å². The Morgan fingerprint density at radius 2 is 2.04 bits per heavy atom. The second-order valence-electron chi connectivity index (χ2n) is 4.67. The van der Waals surface area contributed by atoms with Gasteiger partial charge in [0, 0.05) is 0 Å². The van der Waals surface area contributed by atoms with Crippen molar-refractivity contribution in [1.82, 2.24) is 15.0 Å². The number of nitrogens with one attached hydrogen (secondary N) is 1. The van der Waals surface area contributed by atoms with E-state index in [1.807, 2.05) is 0 Å². The minimum Gasteiger partial charge on any atom is -0.491 e. The van der Waals surface area contributed by atoms with Crippen LogP contribution < -0.4 is 15.8 Å². The minimum absolute atomic E-state index is 0.0431. The predicted octanol–water partition coefficient (Wildman–Crippen LogP) is 3.01. The van der Waals surface area contributed by atoms with Crippen LogP contribution in [0.3, 0.4) is 0 Å². The molecule has 0 aliphatic carbocycles. The molecule has 1 atom stereocenters. The Kier molecular flexibility index (Phi) is 5.09. The standard InChI is InChI=1S/C13H13ClF3N5O/c1-7(19-12-21-10(14)20-11(18)22-12)6-23-9-4-2-3-8(5-9)13(15,16)17/h2-5,7H,6H2,1H3,(H3,18,19,20,21,22). The molecule has 124 valence electrons. The number of nitrogens with zero attached hydrogens (tertiary/aromatic N) is 3. The molecule has 1 aromatic carbocycles. The van der Waals surface area contributed by atoms with Crippen LogP contribution in [0.1, 0.15) is 12.5 Å². The lowest BCUT2D eigenvalue weighted by Crippen LogP contribution is -2.25. The summed E-state index contributed by atoms with van der Waals surface area (Å²) in [6.45, 7) is 1.83. The highest BCUT2D eigenvalue weighted by atomic mass is 35.5. The molecule has 0 spiro atoms. The fraction of sp³-hybridized carbons (Fsp3) is 0.308. The van der Waals surface area contributed by atoms with E-state index in [2.05, 4.69) is 20.3 Å². The maximum atomic E-state index is 12.6. The molecule has 0 amide bonds. The van der Waals surface area contributed by atoms with Crippen molar-refractivity contribution in [2.45, 2.75) is 19.1 Å². The van der Waals surface area contributed by atoms with Crippen LogP contribution in [0.2, 0.25) is 5.28 Å². The van der Waals surface area contributed by atoms with Gasteiger partial charge < -0.3 is 15.8 Å². The van der Waals surface area contributed by atoms with Gasteiger partial charge in [-0.2, -0.15) is 28.1 Å². The van der Waals surface area contributed by atoms with E-state index < -0.39 is 11.7 Å². The Balaban J connectivity index is 1.95. The maximum Gasteiger partial charge on any atom is 0.416 e. The third kappa shape index (κ3) is 5.13. The van der Waals surface area contributed by atoms with E-state index >= 15 is 0 Å². The third-order valence-electron chi connectivity index (χ3n) is 2.66. The normalized spacial score (nSPS) is 12.7. The molecular weight excluding hydrogens is 335 g/mol. The second kappa shape index (κ2) is 6.86. The first-order valence-corrected chi connectivity index (χ1v) is 6.85. The van der Waals surface area contributed by atoms with E-state index in [0.717, 1.165) is 12.1 Å². The molecule has 3 N–H and O–H groups in total. The number of hydrogen-bond acceptors (Lipinski definition) is 6. The van der Waals surface area contributed by atoms with Gasteiger partial charge in [-0.1, -0.05) is 6.07 Å². The zero-order valence-corrected chi connectivity index (χ0v) is 12.7. The van der Waals surface area contributed by atoms with Gasteiger partial charge in [-0.3, -0.25) is 0 Å². The number of rotatable bonds is 5. The Morgan fingerprint density at radius 1 is 1.30 bits per heavy atom. The molecule has 2 aromatic rings. The Bertz CT molecular complexity index is 663. The SMILES string of the molecule is CC(COc1cccc(C(F)(F)F)c1)Nc1nc(N)nc(Cl)n1. The summed E-state index contributed by atoms with van der Waals surface area (Å²) >= 11 is 5.65. The molecule has 0 aliphatic rings. The lowest BCUT2D eigenvalue weighted by atomic mass is 10.2. The Morgan fingerprint density at radius 3 is 2.70 bits per heavy atom. The number of nitrogens with two attached hydrogens (primary N) is 1. The molecule has 0 aliphatic heterocycles. The predicted molar refractivity (Wildman–Crippen MR) is 79.3 cm³/mol. The zero-order chi connectivity index (χ0) is 17.0. The van der Waals surface area contributed by atoms with Crippen LogP contribution in [-0.4, -0.2) is 27.6 Å². The fourth-order valence-corrected chi connectivity index (χ4v) is 1.84.